The Morgan fingerprint density at radius 2 is 1.75 bits per heavy atom. The van der Waals surface area contributed by atoms with Gasteiger partial charge in [-0.25, -0.2) is 8.42 Å². The smallest absolute Gasteiger partial charge is 0.243 e. The maximum atomic E-state index is 13.2. The molecule has 0 amide bonds. The van der Waals surface area contributed by atoms with Crippen LogP contribution in [0.4, 0.5) is 5.69 Å². The maximum Gasteiger partial charge on any atom is 0.243 e. The van der Waals surface area contributed by atoms with Gasteiger partial charge in [0.05, 0.1) is 10.9 Å². The van der Waals surface area contributed by atoms with E-state index >= 15 is 0 Å². The lowest BCUT2D eigenvalue weighted by Crippen LogP contribution is -2.30. The van der Waals surface area contributed by atoms with E-state index in [2.05, 4.69) is 71.4 Å². The molecule has 36 heavy (non-hydrogen) atoms. The summed E-state index contributed by atoms with van der Waals surface area (Å²) >= 11 is 0. The minimum atomic E-state index is -3.43. The number of anilines is 1. The summed E-state index contributed by atoms with van der Waals surface area (Å²) in [4.78, 5) is 0.427. The highest BCUT2D eigenvalue weighted by atomic mass is 32.2. The van der Waals surface area contributed by atoms with Crippen LogP contribution >= 0.6 is 0 Å². The standard InChI is InChI=1S/C30H31N3O2S/c1-2-33-28-11-4-3-8-23(28)26-18-20(12-15-29(26)33)30-24-10-7-9-22(24)25-19-21(13-14-27(25)31-30)36(34,35)32-16-5-6-17-32/h3-4,7-9,11-15,18-19,22,24,30-31H,2,5-6,10,16-17H2,1H3. The van der Waals surface area contributed by atoms with Gasteiger partial charge in [-0.2, -0.15) is 4.31 Å². The summed E-state index contributed by atoms with van der Waals surface area (Å²) in [6.07, 6.45) is 7.43. The first-order valence-electron chi connectivity index (χ1n) is 13.1. The van der Waals surface area contributed by atoms with Crippen LogP contribution in [0.1, 0.15) is 49.3 Å². The quantitative estimate of drug-likeness (QED) is 0.331. The van der Waals surface area contributed by atoms with Crippen LogP contribution in [0.2, 0.25) is 0 Å². The highest BCUT2D eigenvalue weighted by molar-refractivity contribution is 7.89. The molecule has 0 saturated carbocycles. The Labute approximate surface area is 212 Å². The van der Waals surface area contributed by atoms with E-state index in [1.54, 1.807) is 10.4 Å². The second-order valence-corrected chi connectivity index (χ2v) is 12.3. The molecule has 6 heteroatoms. The molecule has 0 bridgehead atoms. The number of aromatic nitrogens is 1. The summed E-state index contributed by atoms with van der Waals surface area (Å²) < 4.78 is 30.5. The van der Waals surface area contributed by atoms with Crippen molar-refractivity contribution in [3.8, 4) is 0 Å². The van der Waals surface area contributed by atoms with E-state index in [0.717, 1.165) is 37.1 Å². The highest BCUT2D eigenvalue weighted by Gasteiger charge is 2.39. The van der Waals surface area contributed by atoms with Gasteiger partial charge in [0.25, 0.3) is 0 Å². The summed E-state index contributed by atoms with van der Waals surface area (Å²) in [5.41, 5.74) is 6.00. The van der Waals surface area contributed by atoms with Gasteiger partial charge >= 0.3 is 0 Å². The Morgan fingerprint density at radius 1 is 0.944 bits per heavy atom. The average molecular weight is 498 g/mol. The molecule has 1 aliphatic carbocycles. The lowest BCUT2D eigenvalue weighted by atomic mass is 9.77. The largest absolute Gasteiger partial charge is 0.378 e. The monoisotopic (exact) mass is 497 g/mol. The molecular weight excluding hydrogens is 466 g/mol. The normalized spacial score (nSPS) is 23.8. The van der Waals surface area contributed by atoms with Crippen molar-refractivity contribution in [1.29, 1.82) is 0 Å². The zero-order chi connectivity index (χ0) is 24.4. The molecule has 0 radical (unpaired) electrons. The second-order valence-electron chi connectivity index (χ2n) is 10.4. The van der Waals surface area contributed by atoms with Crippen molar-refractivity contribution >= 4 is 37.5 Å². The number of aryl methyl sites for hydroxylation is 1. The molecule has 0 spiro atoms. The lowest BCUT2D eigenvalue weighted by molar-refractivity contribution is 0.425. The van der Waals surface area contributed by atoms with Crippen molar-refractivity contribution < 1.29 is 8.42 Å². The van der Waals surface area contributed by atoms with Gasteiger partial charge in [-0.1, -0.05) is 36.4 Å². The van der Waals surface area contributed by atoms with Crippen molar-refractivity contribution in [3.63, 3.8) is 0 Å². The molecule has 184 valence electrons. The fourth-order valence-corrected chi connectivity index (χ4v) is 8.30. The second kappa shape index (κ2) is 8.22. The van der Waals surface area contributed by atoms with Gasteiger partial charge < -0.3 is 9.88 Å². The molecule has 3 unspecified atom stereocenters. The van der Waals surface area contributed by atoms with Crippen molar-refractivity contribution in [2.45, 2.75) is 49.6 Å². The topological polar surface area (TPSA) is 54.3 Å². The molecule has 1 saturated heterocycles. The summed E-state index contributed by atoms with van der Waals surface area (Å²) in [5.74, 6) is 0.576. The van der Waals surface area contributed by atoms with Crippen molar-refractivity contribution in [1.82, 2.24) is 8.87 Å². The minimum Gasteiger partial charge on any atom is -0.378 e. The number of hydrogen-bond donors (Lipinski definition) is 1. The molecular formula is C30H31N3O2S. The fourth-order valence-electron chi connectivity index (χ4n) is 6.75. The first kappa shape index (κ1) is 22.1. The zero-order valence-electron chi connectivity index (χ0n) is 20.5. The number of para-hydroxylation sites is 1. The minimum absolute atomic E-state index is 0.173. The van der Waals surface area contributed by atoms with Crippen LogP contribution in [-0.4, -0.2) is 30.4 Å². The maximum absolute atomic E-state index is 13.2. The summed E-state index contributed by atoms with van der Waals surface area (Å²) in [7, 11) is -3.43. The van der Waals surface area contributed by atoms with Crippen LogP contribution in [0.5, 0.6) is 0 Å². The third-order valence-corrected chi connectivity index (χ3v) is 10.4. The van der Waals surface area contributed by atoms with Gasteiger partial charge in [-0.3, -0.25) is 0 Å². The molecule has 7 rings (SSSR count). The predicted molar refractivity (Wildman–Crippen MR) is 146 cm³/mol. The molecule has 1 N–H and O–H groups in total. The van der Waals surface area contributed by atoms with Gasteiger partial charge in [0.2, 0.25) is 10.0 Å². The molecule has 5 nitrogen and oxygen atoms in total. The van der Waals surface area contributed by atoms with Crippen molar-refractivity contribution in [2.75, 3.05) is 18.4 Å². The van der Waals surface area contributed by atoms with Crippen molar-refractivity contribution in [2.24, 2.45) is 5.92 Å². The number of fused-ring (bicyclic) bond motifs is 6. The highest BCUT2D eigenvalue weighted by Crippen LogP contribution is 2.50. The molecule has 1 aromatic heterocycles. The molecule has 1 fully saturated rings. The van der Waals surface area contributed by atoms with E-state index in [4.69, 9.17) is 0 Å². The van der Waals surface area contributed by atoms with E-state index in [0.29, 0.717) is 23.9 Å². The first-order valence-corrected chi connectivity index (χ1v) is 14.6. The Balaban J connectivity index is 1.30. The van der Waals surface area contributed by atoms with Gasteiger partial charge in [-0.05, 0) is 79.6 Å². The van der Waals surface area contributed by atoms with Crippen LogP contribution in [0.25, 0.3) is 21.8 Å². The number of hydrogen-bond acceptors (Lipinski definition) is 3. The molecule has 4 aromatic rings. The number of nitrogens with one attached hydrogen (secondary N) is 1. The Hall–Kier alpha value is -3.09. The van der Waals surface area contributed by atoms with E-state index in [9.17, 15) is 8.42 Å². The lowest BCUT2D eigenvalue weighted by Gasteiger charge is -2.38. The van der Waals surface area contributed by atoms with E-state index < -0.39 is 10.0 Å². The number of rotatable bonds is 4. The fraction of sp³-hybridized carbons (Fsp3) is 0.333. The van der Waals surface area contributed by atoms with Crippen LogP contribution in [0, 0.1) is 5.92 Å². The number of allylic oxidation sites excluding steroid dienone is 2. The summed E-state index contributed by atoms with van der Waals surface area (Å²) in [5, 5.41) is 6.41. The van der Waals surface area contributed by atoms with Crippen LogP contribution in [0.15, 0.2) is 77.7 Å². The predicted octanol–water partition coefficient (Wildman–Crippen LogP) is 6.43. The molecule has 3 aromatic carbocycles. The molecule has 2 aliphatic heterocycles. The SMILES string of the molecule is CCn1c2ccccc2c2cc(C3Nc4ccc(S(=O)(=O)N5CCCC5)cc4C4C=CCC43)ccc21. The van der Waals surface area contributed by atoms with Crippen LogP contribution in [-0.2, 0) is 16.6 Å². The molecule has 3 aliphatic rings. The van der Waals surface area contributed by atoms with Gasteiger partial charge in [0.1, 0.15) is 0 Å². The number of nitrogens with zero attached hydrogens (tertiary/aromatic N) is 2. The third kappa shape index (κ3) is 3.20. The van der Waals surface area contributed by atoms with Gasteiger partial charge in [0, 0.05) is 53.0 Å². The molecule has 3 atom stereocenters. The zero-order valence-corrected chi connectivity index (χ0v) is 21.3. The number of benzene rings is 3. The van der Waals surface area contributed by atoms with Crippen LogP contribution < -0.4 is 5.32 Å². The molecule has 3 heterocycles. The van der Waals surface area contributed by atoms with E-state index in [-0.39, 0.29) is 12.0 Å². The Bertz CT molecular complexity index is 1630. The van der Waals surface area contributed by atoms with Crippen LogP contribution in [0.3, 0.4) is 0 Å². The van der Waals surface area contributed by atoms with Gasteiger partial charge in [-0.15, -0.1) is 0 Å². The third-order valence-electron chi connectivity index (χ3n) is 8.51. The Morgan fingerprint density at radius 3 is 2.58 bits per heavy atom. The van der Waals surface area contributed by atoms with E-state index in [1.165, 1.54) is 27.4 Å². The number of sulfonamides is 1. The summed E-state index contributed by atoms with van der Waals surface area (Å²) in [6, 6.07) is 21.4. The van der Waals surface area contributed by atoms with Gasteiger partial charge in [0.15, 0.2) is 0 Å². The average Bonchev–Trinajstić information content (AvgIpc) is 3.67. The van der Waals surface area contributed by atoms with E-state index in [1.807, 2.05) is 12.1 Å². The first-order chi connectivity index (χ1) is 17.6. The summed E-state index contributed by atoms with van der Waals surface area (Å²) in [6.45, 7) is 4.40. The Kier molecular flexibility index (Phi) is 5.05. The van der Waals surface area contributed by atoms with Crippen molar-refractivity contribution in [3.05, 3.63) is 83.9 Å².